The zero-order valence-corrected chi connectivity index (χ0v) is 11.0. The molecule has 1 aromatic rings. The molecule has 1 aromatic carbocycles. The van der Waals surface area contributed by atoms with Gasteiger partial charge in [0.05, 0.1) is 25.0 Å². The quantitative estimate of drug-likeness (QED) is 0.898. The van der Waals surface area contributed by atoms with Crippen molar-refractivity contribution in [3.05, 3.63) is 29.3 Å². The van der Waals surface area contributed by atoms with E-state index in [4.69, 9.17) is 22.1 Å². The summed E-state index contributed by atoms with van der Waals surface area (Å²) in [4.78, 5) is 13.4. The normalized spacial score (nSPS) is 9.21. The molecule has 0 saturated heterocycles. The number of benzene rings is 1. The minimum Gasteiger partial charge on any atom is -0.322 e. The maximum Gasteiger partial charge on any atom is 0.321 e. The third kappa shape index (κ3) is 5.29. The number of halogens is 1. The Labute approximate surface area is 117 Å². The molecule has 0 radical (unpaired) electrons. The number of hydrogen-bond acceptors (Lipinski definition) is 3. The summed E-state index contributed by atoms with van der Waals surface area (Å²) in [6, 6.07) is 10.4. The van der Waals surface area contributed by atoms with Gasteiger partial charge in [-0.1, -0.05) is 11.6 Å². The van der Waals surface area contributed by atoms with E-state index in [1.807, 2.05) is 12.1 Å². The molecule has 1 N–H and O–H groups in total. The fourth-order valence-electron chi connectivity index (χ4n) is 1.42. The molecule has 0 aliphatic rings. The van der Waals surface area contributed by atoms with E-state index in [-0.39, 0.29) is 18.9 Å². The highest BCUT2D eigenvalue weighted by Gasteiger charge is 2.12. The summed E-state index contributed by atoms with van der Waals surface area (Å²) in [5, 5.41) is 20.4. The molecule has 0 aromatic heterocycles. The molecule has 0 aliphatic heterocycles. The average Bonchev–Trinajstić information content (AvgIpc) is 2.41. The standard InChI is InChI=1S/C13H13ClN4O/c14-11-3-5-12(6-4-11)17-13(19)18(9-1-7-15)10-2-8-16/h3-6H,1-2,9-10H2,(H,17,19). The number of urea groups is 1. The molecule has 0 spiro atoms. The van der Waals surface area contributed by atoms with Crippen LogP contribution in [0.3, 0.4) is 0 Å². The third-order valence-corrected chi connectivity index (χ3v) is 2.62. The highest BCUT2D eigenvalue weighted by Crippen LogP contribution is 2.14. The molecule has 0 heterocycles. The van der Waals surface area contributed by atoms with E-state index in [1.54, 1.807) is 24.3 Å². The fraction of sp³-hybridized carbons (Fsp3) is 0.308. The number of carbonyl (C=O) groups excluding carboxylic acids is 1. The van der Waals surface area contributed by atoms with Crippen LogP contribution < -0.4 is 5.32 Å². The molecule has 5 nitrogen and oxygen atoms in total. The van der Waals surface area contributed by atoms with E-state index < -0.39 is 0 Å². The predicted octanol–water partition coefficient (Wildman–Crippen LogP) is 3.00. The van der Waals surface area contributed by atoms with Crippen LogP contribution in [0.5, 0.6) is 0 Å². The van der Waals surface area contributed by atoms with Crippen molar-refractivity contribution in [1.29, 1.82) is 10.5 Å². The molecular weight excluding hydrogens is 264 g/mol. The lowest BCUT2D eigenvalue weighted by molar-refractivity contribution is 0.214. The third-order valence-electron chi connectivity index (χ3n) is 2.37. The average molecular weight is 277 g/mol. The Hall–Kier alpha value is -2.24. The second kappa shape index (κ2) is 7.97. The summed E-state index contributed by atoms with van der Waals surface area (Å²) in [5.74, 6) is 0. The van der Waals surface area contributed by atoms with Gasteiger partial charge in [0.15, 0.2) is 0 Å². The number of hydrogen-bond donors (Lipinski definition) is 1. The lowest BCUT2D eigenvalue weighted by Crippen LogP contribution is -2.36. The van der Waals surface area contributed by atoms with Crippen molar-refractivity contribution in [2.24, 2.45) is 0 Å². The summed E-state index contributed by atoms with van der Waals surface area (Å²) in [6.45, 7) is 0.606. The zero-order valence-electron chi connectivity index (χ0n) is 10.3. The maximum atomic E-state index is 12.0. The first kappa shape index (κ1) is 14.8. The van der Waals surface area contributed by atoms with E-state index in [9.17, 15) is 4.79 Å². The Morgan fingerprint density at radius 3 is 2.16 bits per heavy atom. The first-order valence-corrected chi connectivity index (χ1v) is 6.10. The molecule has 0 fully saturated rings. The molecular formula is C13H13ClN4O. The Morgan fingerprint density at radius 2 is 1.68 bits per heavy atom. The maximum absolute atomic E-state index is 12.0. The van der Waals surface area contributed by atoms with Crippen molar-refractivity contribution in [1.82, 2.24) is 4.90 Å². The second-order valence-electron chi connectivity index (χ2n) is 3.74. The monoisotopic (exact) mass is 276 g/mol. The molecule has 0 bridgehead atoms. The lowest BCUT2D eigenvalue weighted by Gasteiger charge is -2.20. The summed E-state index contributed by atoms with van der Waals surface area (Å²) in [7, 11) is 0. The molecule has 0 aliphatic carbocycles. The molecule has 0 unspecified atom stereocenters. The minimum absolute atomic E-state index is 0.236. The molecule has 2 amide bonds. The van der Waals surface area contributed by atoms with Gasteiger partial charge in [-0.25, -0.2) is 4.79 Å². The molecule has 0 saturated carbocycles. The van der Waals surface area contributed by atoms with Gasteiger partial charge < -0.3 is 10.2 Å². The van der Waals surface area contributed by atoms with Crippen molar-refractivity contribution in [2.45, 2.75) is 12.8 Å². The Morgan fingerprint density at radius 1 is 1.16 bits per heavy atom. The summed E-state index contributed by atoms with van der Waals surface area (Å²) in [6.07, 6.45) is 0.471. The van der Waals surface area contributed by atoms with Crippen LogP contribution in [0.4, 0.5) is 10.5 Å². The van der Waals surface area contributed by atoms with Gasteiger partial charge in [0.1, 0.15) is 0 Å². The number of anilines is 1. The van der Waals surface area contributed by atoms with E-state index in [0.717, 1.165) is 0 Å². The van der Waals surface area contributed by atoms with E-state index in [0.29, 0.717) is 23.8 Å². The van der Waals surface area contributed by atoms with Crippen LogP contribution in [0, 0.1) is 22.7 Å². The molecule has 0 atom stereocenters. The van der Waals surface area contributed by atoms with Gasteiger partial charge in [-0.15, -0.1) is 0 Å². The number of nitrogens with zero attached hydrogens (tertiary/aromatic N) is 3. The van der Waals surface area contributed by atoms with Crippen LogP contribution in [0.15, 0.2) is 24.3 Å². The van der Waals surface area contributed by atoms with Crippen LogP contribution >= 0.6 is 11.6 Å². The first-order valence-electron chi connectivity index (χ1n) is 5.72. The molecule has 6 heteroatoms. The second-order valence-corrected chi connectivity index (χ2v) is 4.18. The summed E-state index contributed by atoms with van der Waals surface area (Å²) < 4.78 is 0. The molecule has 1 rings (SSSR count). The largest absolute Gasteiger partial charge is 0.322 e. The number of rotatable bonds is 5. The van der Waals surface area contributed by atoms with Gasteiger partial charge in [-0.2, -0.15) is 10.5 Å². The van der Waals surface area contributed by atoms with E-state index in [1.165, 1.54) is 4.90 Å². The SMILES string of the molecule is N#CCCN(CCC#N)C(=O)Nc1ccc(Cl)cc1. The van der Waals surface area contributed by atoms with Crippen molar-refractivity contribution in [2.75, 3.05) is 18.4 Å². The van der Waals surface area contributed by atoms with E-state index in [2.05, 4.69) is 5.32 Å². The van der Waals surface area contributed by atoms with Gasteiger partial charge in [0.2, 0.25) is 0 Å². The van der Waals surface area contributed by atoms with Crippen LogP contribution in [-0.2, 0) is 0 Å². The van der Waals surface area contributed by atoms with Gasteiger partial charge >= 0.3 is 6.03 Å². The minimum atomic E-state index is -0.326. The van der Waals surface area contributed by atoms with Gasteiger partial charge in [-0.05, 0) is 24.3 Å². The summed E-state index contributed by atoms with van der Waals surface area (Å²) in [5.41, 5.74) is 0.619. The topological polar surface area (TPSA) is 79.9 Å². The number of amides is 2. The van der Waals surface area contributed by atoms with Crippen LogP contribution in [0.2, 0.25) is 5.02 Å². The Kier molecular flexibility index (Phi) is 6.21. The van der Waals surface area contributed by atoms with Crippen molar-refractivity contribution in [3.63, 3.8) is 0 Å². The first-order chi connectivity index (χ1) is 9.17. The van der Waals surface area contributed by atoms with Crippen molar-refractivity contribution >= 4 is 23.3 Å². The van der Waals surface area contributed by atoms with Crippen molar-refractivity contribution < 1.29 is 4.79 Å². The van der Waals surface area contributed by atoms with Gasteiger partial charge in [0, 0.05) is 23.8 Å². The van der Waals surface area contributed by atoms with Gasteiger partial charge in [-0.3, -0.25) is 0 Å². The zero-order chi connectivity index (χ0) is 14.1. The highest BCUT2D eigenvalue weighted by molar-refractivity contribution is 6.30. The number of nitriles is 2. The summed E-state index contributed by atoms with van der Waals surface area (Å²) >= 11 is 5.75. The van der Waals surface area contributed by atoms with Crippen LogP contribution in [0.1, 0.15) is 12.8 Å². The predicted molar refractivity (Wildman–Crippen MR) is 72.5 cm³/mol. The highest BCUT2D eigenvalue weighted by atomic mass is 35.5. The Balaban J connectivity index is 2.62. The molecule has 98 valence electrons. The Bertz CT molecular complexity index is 483. The van der Waals surface area contributed by atoms with E-state index >= 15 is 0 Å². The van der Waals surface area contributed by atoms with Crippen molar-refractivity contribution in [3.8, 4) is 12.1 Å². The number of nitrogens with one attached hydrogen (secondary N) is 1. The van der Waals surface area contributed by atoms with Gasteiger partial charge in [0.25, 0.3) is 0 Å². The smallest absolute Gasteiger partial charge is 0.321 e. The number of carbonyl (C=O) groups is 1. The lowest BCUT2D eigenvalue weighted by atomic mass is 10.3. The molecule has 19 heavy (non-hydrogen) atoms. The van der Waals surface area contributed by atoms with Crippen LogP contribution in [0.25, 0.3) is 0 Å². The fourth-order valence-corrected chi connectivity index (χ4v) is 1.55. The van der Waals surface area contributed by atoms with Crippen LogP contribution in [-0.4, -0.2) is 24.0 Å².